The molecule has 1 aliphatic heterocycles. The number of likely N-dealkylation sites (N-methyl/N-ethyl adjacent to an activating group) is 1. The zero-order chi connectivity index (χ0) is 10.5. The van der Waals surface area contributed by atoms with Crippen molar-refractivity contribution in [2.75, 3.05) is 20.3 Å². The van der Waals surface area contributed by atoms with Gasteiger partial charge in [0.2, 0.25) is 0 Å². The molecule has 1 saturated heterocycles. The summed E-state index contributed by atoms with van der Waals surface area (Å²) in [7, 11) is 2.05. The van der Waals surface area contributed by atoms with Gasteiger partial charge in [0.05, 0.1) is 5.01 Å². The molecule has 2 rings (SSSR count). The number of hydrogen-bond acceptors (Lipinski definition) is 4. The van der Waals surface area contributed by atoms with Crippen molar-refractivity contribution in [3.05, 3.63) is 16.6 Å². The van der Waals surface area contributed by atoms with Crippen molar-refractivity contribution < 1.29 is 4.74 Å². The van der Waals surface area contributed by atoms with Crippen molar-refractivity contribution in [1.29, 1.82) is 0 Å². The van der Waals surface area contributed by atoms with E-state index in [9.17, 15) is 0 Å². The van der Waals surface area contributed by atoms with E-state index in [-0.39, 0.29) is 0 Å². The molecule has 2 heterocycles. The molecular weight excluding hydrogens is 208 g/mol. The third-order valence-electron chi connectivity index (χ3n) is 3.08. The van der Waals surface area contributed by atoms with E-state index in [0.29, 0.717) is 6.04 Å². The molecule has 0 aromatic carbocycles. The minimum atomic E-state index is 0.556. The molecule has 1 atom stereocenters. The van der Waals surface area contributed by atoms with E-state index in [1.807, 2.05) is 18.6 Å². The molecule has 1 aliphatic rings. The zero-order valence-corrected chi connectivity index (χ0v) is 9.93. The van der Waals surface area contributed by atoms with Gasteiger partial charge in [-0.05, 0) is 25.8 Å². The van der Waals surface area contributed by atoms with Crippen LogP contribution >= 0.6 is 11.3 Å². The Morgan fingerprint density at radius 1 is 1.60 bits per heavy atom. The van der Waals surface area contributed by atoms with Crippen molar-refractivity contribution in [3.63, 3.8) is 0 Å². The Morgan fingerprint density at radius 3 is 3.00 bits per heavy atom. The lowest BCUT2D eigenvalue weighted by Gasteiger charge is -2.29. The maximum Gasteiger partial charge on any atom is 0.0940 e. The number of aromatic nitrogens is 1. The average Bonchev–Trinajstić information content (AvgIpc) is 2.80. The molecule has 84 valence electrons. The lowest BCUT2D eigenvalue weighted by atomic mass is 9.90. The molecule has 0 amide bonds. The lowest BCUT2D eigenvalue weighted by Crippen LogP contribution is -2.38. The van der Waals surface area contributed by atoms with Gasteiger partial charge in [0.25, 0.3) is 0 Å². The third kappa shape index (κ3) is 3.00. The quantitative estimate of drug-likeness (QED) is 0.848. The van der Waals surface area contributed by atoms with Gasteiger partial charge in [-0.1, -0.05) is 0 Å². The van der Waals surface area contributed by atoms with Crippen LogP contribution in [0.2, 0.25) is 0 Å². The van der Waals surface area contributed by atoms with Gasteiger partial charge in [0, 0.05) is 37.3 Å². The smallest absolute Gasteiger partial charge is 0.0940 e. The highest BCUT2D eigenvalue weighted by atomic mass is 32.1. The molecule has 1 aromatic rings. The van der Waals surface area contributed by atoms with Crippen LogP contribution < -0.4 is 5.32 Å². The van der Waals surface area contributed by atoms with E-state index in [1.54, 1.807) is 11.3 Å². The number of hydrogen-bond donors (Lipinski definition) is 1. The number of thiazole rings is 1. The highest BCUT2D eigenvalue weighted by Gasteiger charge is 2.23. The van der Waals surface area contributed by atoms with Crippen LogP contribution in [0.15, 0.2) is 11.6 Å². The summed E-state index contributed by atoms with van der Waals surface area (Å²) in [6, 6.07) is 0.556. The standard InChI is InChI=1S/C11H18N2OS/c1-12-10(8-11-13-4-7-15-11)9-2-5-14-6-3-9/h4,7,9-10,12H,2-3,5-6,8H2,1H3. The zero-order valence-electron chi connectivity index (χ0n) is 9.11. The molecule has 0 radical (unpaired) electrons. The second kappa shape index (κ2) is 5.58. The van der Waals surface area contributed by atoms with E-state index >= 15 is 0 Å². The van der Waals surface area contributed by atoms with Crippen LogP contribution in [0.3, 0.4) is 0 Å². The topological polar surface area (TPSA) is 34.2 Å². The minimum Gasteiger partial charge on any atom is -0.381 e. The van der Waals surface area contributed by atoms with Crippen molar-refractivity contribution in [3.8, 4) is 0 Å². The fourth-order valence-corrected chi connectivity index (χ4v) is 2.84. The Bertz CT molecular complexity index is 270. The summed E-state index contributed by atoms with van der Waals surface area (Å²) in [5, 5.41) is 6.71. The highest BCUT2D eigenvalue weighted by molar-refractivity contribution is 7.09. The Labute approximate surface area is 94.9 Å². The first-order valence-corrected chi connectivity index (χ1v) is 6.41. The predicted molar refractivity (Wildman–Crippen MR) is 62.2 cm³/mol. The fraction of sp³-hybridized carbons (Fsp3) is 0.727. The van der Waals surface area contributed by atoms with Gasteiger partial charge in [-0.25, -0.2) is 4.98 Å². The van der Waals surface area contributed by atoms with Gasteiger partial charge < -0.3 is 10.1 Å². The predicted octanol–water partition coefficient (Wildman–Crippen LogP) is 1.70. The Kier molecular flexibility index (Phi) is 4.11. The van der Waals surface area contributed by atoms with Crippen molar-refractivity contribution in [2.24, 2.45) is 5.92 Å². The third-order valence-corrected chi connectivity index (χ3v) is 3.89. The summed E-state index contributed by atoms with van der Waals surface area (Å²) in [5.74, 6) is 0.743. The molecule has 0 aliphatic carbocycles. The molecule has 0 spiro atoms. The van der Waals surface area contributed by atoms with Gasteiger partial charge in [0.15, 0.2) is 0 Å². The van der Waals surface area contributed by atoms with Crippen LogP contribution in [0.4, 0.5) is 0 Å². The summed E-state index contributed by atoms with van der Waals surface area (Å²) in [5.41, 5.74) is 0. The fourth-order valence-electron chi connectivity index (χ4n) is 2.16. The van der Waals surface area contributed by atoms with Gasteiger partial charge in [-0.2, -0.15) is 0 Å². The summed E-state index contributed by atoms with van der Waals surface area (Å²) in [4.78, 5) is 4.35. The van der Waals surface area contributed by atoms with E-state index in [4.69, 9.17) is 4.74 Å². The number of rotatable bonds is 4. The van der Waals surface area contributed by atoms with Crippen LogP contribution in [-0.2, 0) is 11.2 Å². The van der Waals surface area contributed by atoms with E-state index in [0.717, 1.165) is 25.6 Å². The van der Waals surface area contributed by atoms with Crippen LogP contribution in [0.5, 0.6) is 0 Å². The maximum absolute atomic E-state index is 5.39. The summed E-state index contributed by atoms with van der Waals surface area (Å²) in [6.07, 6.45) is 5.29. The van der Waals surface area contributed by atoms with E-state index < -0.39 is 0 Å². The van der Waals surface area contributed by atoms with Crippen molar-refractivity contribution in [2.45, 2.75) is 25.3 Å². The van der Waals surface area contributed by atoms with E-state index in [1.165, 1.54) is 17.8 Å². The maximum atomic E-state index is 5.39. The first-order valence-electron chi connectivity index (χ1n) is 5.53. The molecule has 1 N–H and O–H groups in total. The van der Waals surface area contributed by atoms with Crippen molar-refractivity contribution in [1.82, 2.24) is 10.3 Å². The first-order chi connectivity index (χ1) is 7.40. The highest BCUT2D eigenvalue weighted by Crippen LogP contribution is 2.21. The molecule has 1 fully saturated rings. The summed E-state index contributed by atoms with van der Waals surface area (Å²) in [6.45, 7) is 1.83. The van der Waals surface area contributed by atoms with Crippen LogP contribution in [0.25, 0.3) is 0 Å². The second-order valence-electron chi connectivity index (χ2n) is 3.97. The second-order valence-corrected chi connectivity index (χ2v) is 4.95. The molecule has 1 unspecified atom stereocenters. The van der Waals surface area contributed by atoms with Gasteiger partial charge in [-0.3, -0.25) is 0 Å². The monoisotopic (exact) mass is 226 g/mol. The molecule has 1 aromatic heterocycles. The molecule has 0 saturated carbocycles. The number of ether oxygens (including phenoxy) is 1. The molecule has 0 bridgehead atoms. The van der Waals surface area contributed by atoms with Crippen molar-refractivity contribution >= 4 is 11.3 Å². The lowest BCUT2D eigenvalue weighted by molar-refractivity contribution is 0.0547. The number of nitrogens with zero attached hydrogens (tertiary/aromatic N) is 1. The van der Waals surface area contributed by atoms with Crippen LogP contribution in [0.1, 0.15) is 17.8 Å². The molecule has 3 nitrogen and oxygen atoms in total. The average molecular weight is 226 g/mol. The summed E-state index contributed by atoms with van der Waals surface area (Å²) < 4.78 is 5.39. The minimum absolute atomic E-state index is 0.556. The van der Waals surface area contributed by atoms with Crippen LogP contribution in [-0.4, -0.2) is 31.3 Å². The normalized spacial score (nSPS) is 20.3. The first kappa shape index (κ1) is 11.0. The number of nitrogens with one attached hydrogen (secondary N) is 1. The summed E-state index contributed by atoms with van der Waals surface area (Å²) >= 11 is 1.75. The molecular formula is C11H18N2OS. The van der Waals surface area contributed by atoms with Crippen LogP contribution in [0, 0.1) is 5.92 Å². The Morgan fingerprint density at radius 2 is 2.40 bits per heavy atom. The largest absolute Gasteiger partial charge is 0.381 e. The van der Waals surface area contributed by atoms with Gasteiger partial charge in [-0.15, -0.1) is 11.3 Å². The molecule has 4 heteroatoms. The van der Waals surface area contributed by atoms with Gasteiger partial charge >= 0.3 is 0 Å². The molecule has 15 heavy (non-hydrogen) atoms. The Hall–Kier alpha value is -0.450. The SMILES string of the molecule is CNC(Cc1nccs1)C1CCOCC1. The van der Waals surface area contributed by atoms with E-state index in [2.05, 4.69) is 10.3 Å². The van der Waals surface area contributed by atoms with Gasteiger partial charge in [0.1, 0.15) is 0 Å². The Balaban J connectivity index is 1.91.